The first kappa shape index (κ1) is 23.2. The molecule has 1 aliphatic rings. The third kappa shape index (κ3) is 3.86. The van der Waals surface area contributed by atoms with Gasteiger partial charge < -0.3 is 10.2 Å². The van der Waals surface area contributed by atoms with Crippen LogP contribution in [0.25, 0.3) is 16.5 Å². The summed E-state index contributed by atoms with van der Waals surface area (Å²) in [6.45, 7) is 0. The number of phenolic OH excluding ortho intramolecular Hbond substituents is 1. The highest BCUT2D eigenvalue weighted by Crippen LogP contribution is 2.44. The highest BCUT2D eigenvalue weighted by atomic mass is 19.4. The zero-order valence-corrected chi connectivity index (χ0v) is 18.5. The summed E-state index contributed by atoms with van der Waals surface area (Å²) in [4.78, 5) is 27.4. The van der Waals surface area contributed by atoms with Gasteiger partial charge in [0.2, 0.25) is 0 Å². The van der Waals surface area contributed by atoms with Gasteiger partial charge in [-0.15, -0.1) is 0 Å². The lowest BCUT2D eigenvalue weighted by Crippen LogP contribution is -2.29. The van der Waals surface area contributed by atoms with Crippen LogP contribution in [-0.2, 0) is 15.8 Å². The Morgan fingerprint density at radius 3 is 2.28 bits per heavy atom. The molecule has 0 aliphatic carbocycles. The Morgan fingerprint density at radius 1 is 0.833 bits per heavy atom. The molecule has 8 heteroatoms. The van der Waals surface area contributed by atoms with Crippen molar-refractivity contribution in [3.63, 3.8) is 0 Å². The SMILES string of the molecule is O=C1C(=O)N(c2cccc(C(F)(F)F)c2)C(c2cccc(O)c2)/C1=C(/O)c1cccc2ccccc12. The van der Waals surface area contributed by atoms with E-state index < -0.39 is 35.2 Å². The lowest BCUT2D eigenvalue weighted by Gasteiger charge is -2.26. The first-order valence-electron chi connectivity index (χ1n) is 10.9. The summed E-state index contributed by atoms with van der Waals surface area (Å²) in [5.74, 6) is -2.78. The molecule has 0 radical (unpaired) electrons. The van der Waals surface area contributed by atoms with Crippen LogP contribution >= 0.6 is 0 Å². The van der Waals surface area contributed by atoms with Crippen molar-refractivity contribution < 1.29 is 33.0 Å². The number of carbonyl (C=O) groups is 2. The molecule has 36 heavy (non-hydrogen) atoms. The fourth-order valence-corrected chi connectivity index (χ4v) is 4.52. The van der Waals surface area contributed by atoms with Crippen LogP contribution < -0.4 is 4.90 Å². The fraction of sp³-hybridized carbons (Fsp3) is 0.0714. The molecular formula is C28H18F3NO4. The molecule has 1 heterocycles. The Kier molecular flexibility index (Phi) is 5.51. The Hall–Kier alpha value is -4.59. The van der Waals surface area contributed by atoms with Crippen LogP contribution in [0.1, 0.15) is 22.7 Å². The van der Waals surface area contributed by atoms with Gasteiger partial charge in [0.1, 0.15) is 11.5 Å². The van der Waals surface area contributed by atoms with Crippen molar-refractivity contribution in [2.45, 2.75) is 12.2 Å². The average Bonchev–Trinajstić information content (AvgIpc) is 3.13. The zero-order chi connectivity index (χ0) is 25.6. The fourth-order valence-electron chi connectivity index (χ4n) is 4.52. The summed E-state index contributed by atoms with van der Waals surface area (Å²) in [7, 11) is 0. The second-order valence-electron chi connectivity index (χ2n) is 8.34. The minimum absolute atomic E-state index is 0.169. The molecule has 2 N–H and O–H groups in total. The molecule has 1 unspecified atom stereocenters. The van der Waals surface area contributed by atoms with Crippen LogP contribution in [0.3, 0.4) is 0 Å². The number of rotatable bonds is 3. The van der Waals surface area contributed by atoms with E-state index in [1.165, 1.54) is 30.3 Å². The zero-order valence-electron chi connectivity index (χ0n) is 18.5. The summed E-state index contributed by atoms with van der Waals surface area (Å²) in [5, 5.41) is 22.9. The van der Waals surface area contributed by atoms with Crippen LogP contribution in [0.15, 0.2) is 96.6 Å². The molecule has 1 fully saturated rings. The van der Waals surface area contributed by atoms with Gasteiger partial charge in [0, 0.05) is 11.3 Å². The van der Waals surface area contributed by atoms with E-state index in [0.29, 0.717) is 10.9 Å². The number of aliphatic hydroxyl groups is 1. The van der Waals surface area contributed by atoms with Crippen molar-refractivity contribution in [2.24, 2.45) is 0 Å². The van der Waals surface area contributed by atoms with E-state index in [0.717, 1.165) is 28.5 Å². The van der Waals surface area contributed by atoms with Crippen LogP contribution in [0.5, 0.6) is 5.75 Å². The average molecular weight is 489 g/mol. The minimum atomic E-state index is -4.67. The van der Waals surface area contributed by atoms with E-state index in [-0.39, 0.29) is 22.6 Å². The van der Waals surface area contributed by atoms with Gasteiger partial charge in [-0.25, -0.2) is 0 Å². The standard InChI is InChI=1S/C28H18F3NO4/c29-28(30,31)18-9-5-10-19(15-18)32-24(17-8-3-11-20(33)14-17)23(26(35)27(32)36)25(34)22-13-4-7-16-6-1-2-12-21(16)22/h1-15,24,33-34H/b25-23-. The number of anilines is 1. The van der Waals surface area contributed by atoms with Gasteiger partial charge in [-0.2, -0.15) is 13.2 Å². The van der Waals surface area contributed by atoms with Crippen molar-refractivity contribution in [2.75, 3.05) is 4.90 Å². The van der Waals surface area contributed by atoms with Crippen LogP contribution in [0.2, 0.25) is 0 Å². The molecule has 0 spiro atoms. The van der Waals surface area contributed by atoms with E-state index in [1.807, 2.05) is 18.2 Å². The molecular weight excluding hydrogens is 471 g/mol. The Labute approximate surface area is 203 Å². The van der Waals surface area contributed by atoms with Gasteiger partial charge in [0.05, 0.1) is 17.2 Å². The molecule has 1 amide bonds. The van der Waals surface area contributed by atoms with Crippen LogP contribution in [0, 0.1) is 0 Å². The lowest BCUT2D eigenvalue weighted by molar-refractivity contribution is -0.137. The third-order valence-electron chi connectivity index (χ3n) is 6.13. The topological polar surface area (TPSA) is 77.8 Å². The van der Waals surface area contributed by atoms with Crippen molar-refractivity contribution in [1.82, 2.24) is 0 Å². The summed E-state index contributed by atoms with van der Waals surface area (Å²) in [5.41, 5.74) is -0.920. The number of nitrogens with zero attached hydrogens (tertiary/aromatic N) is 1. The monoisotopic (exact) mass is 489 g/mol. The van der Waals surface area contributed by atoms with Gasteiger partial charge in [0.25, 0.3) is 11.7 Å². The minimum Gasteiger partial charge on any atom is -0.508 e. The highest BCUT2D eigenvalue weighted by Gasteiger charge is 2.47. The molecule has 0 bridgehead atoms. The maximum atomic E-state index is 13.4. The molecule has 4 aromatic carbocycles. The number of aromatic hydroxyl groups is 1. The second-order valence-corrected chi connectivity index (χ2v) is 8.34. The van der Waals surface area contributed by atoms with Crippen molar-refractivity contribution in [3.8, 4) is 5.75 Å². The normalized spacial score (nSPS) is 17.6. The number of carbonyl (C=O) groups excluding carboxylic acids is 2. The molecule has 5 nitrogen and oxygen atoms in total. The summed E-state index contributed by atoms with van der Waals surface area (Å²) in [6, 6.07) is 20.7. The molecule has 1 aliphatic heterocycles. The maximum absolute atomic E-state index is 13.4. The number of halogens is 3. The van der Waals surface area contributed by atoms with E-state index in [2.05, 4.69) is 0 Å². The van der Waals surface area contributed by atoms with Gasteiger partial charge in [-0.05, 0) is 46.7 Å². The van der Waals surface area contributed by atoms with Crippen molar-refractivity contribution >= 4 is 33.9 Å². The van der Waals surface area contributed by atoms with Crippen LogP contribution in [-0.4, -0.2) is 21.9 Å². The smallest absolute Gasteiger partial charge is 0.416 e. The first-order chi connectivity index (χ1) is 17.2. The number of hydrogen-bond donors (Lipinski definition) is 2. The highest BCUT2D eigenvalue weighted by molar-refractivity contribution is 6.51. The van der Waals surface area contributed by atoms with Crippen LogP contribution in [0.4, 0.5) is 18.9 Å². The number of phenols is 1. The molecule has 5 rings (SSSR count). The number of alkyl halides is 3. The third-order valence-corrected chi connectivity index (χ3v) is 6.13. The predicted molar refractivity (Wildman–Crippen MR) is 128 cm³/mol. The van der Waals surface area contributed by atoms with Gasteiger partial charge in [-0.1, -0.05) is 60.7 Å². The molecule has 0 aromatic heterocycles. The number of amides is 1. The Morgan fingerprint density at radius 2 is 1.53 bits per heavy atom. The Balaban J connectivity index is 1.77. The predicted octanol–water partition coefficient (Wildman–Crippen LogP) is 6.19. The molecule has 4 aromatic rings. The van der Waals surface area contributed by atoms with E-state index in [4.69, 9.17) is 0 Å². The summed E-state index contributed by atoms with van der Waals surface area (Å²) >= 11 is 0. The quantitative estimate of drug-likeness (QED) is 0.204. The summed E-state index contributed by atoms with van der Waals surface area (Å²) < 4.78 is 40.3. The van der Waals surface area contributed by atoms with Gasteiger partial charge in [-0.3, -0.25) is 14.5 Å². The van der Waals surface area contributed by atoms with E-state index in [9.17, 15) is 33.0 Å². The lowest BCUT2D eigenvalue weighted by atomic mass is 9.93. The molecule has 1 saturated heterocycles. The van der Waals surface area contributed by atoms with Gasteiger partial charge >= 0.3 is 6.18 Å². The van der Waals surface area contributed by atoms with Crippen molar-refractivity contribution in [3.05, 3.63) is 113 Å². The second kappa shape index (κ2) is 8.57. The van der Waals surface area contributed by atoms with Crippen molar-refractivity contribution in [1.29, 1.82) is 0 Å². The number of fused-ring (bicyclic) bond motifs is 1. The number of aliphatic hydroxyl groups excluding tert-OH is 1. The maximum Gasteiger partial charge on any atom is 0.416 e. The largest absolute Gasteiger partial charge is 0.508 e. The number of benzene rings is 4. The molecule has 180 valence electrons. The molecule has 1 atom stereocenters. The number of Topliss-reactive ketones (excluding diaryl/α,β-unsaturated/α-hetero) is 1. The van der Waals surface area contributed by atoms with Gasteiger partial charge in [0.15, 0.2) is 0 Å². The Bertz CT molecular complexity index is 1550. The summed E-state index contributed by atoms with van der Waals surface area (Å²) in [6.07, 6.45) is -4.67. The number of hydrogen-bond acceptors (Lipinski definition) is 4. The molecule has 0 saturated carbocycles. The van der Waals surface area contributed by atoms with E-state index in [1.54, 1.807) is 24.3 Å². The van der Waals surface area contributed by atoms with E-state index >= 15 is 0 Å². The number of ketones is 1. The first-order valence-corrected chi connectivity index (χ1v) is 10.9.